The third-order valence-electron chi connectivity index (χ3n) is 5.45. The molecule has 1 saturated heterocycles. The normalized spacial score (nSPS) is 16.7. The number of thiophene rings is 1. The second-order valence-corrected chi connectivity index (χ2v) is 12.0. The molecule has 1 amide bonds. The molecule has 1 aliphatic rings. The number of rotatable bonds is 9. The van der Waals surface area contributed by atoms with Crippen LogP contribution in [-0.2, 0) is 27.8 Å². The third-order valence-corrected chi connectivity index (χ3v) is 8.12. The van der Waals surface area contributed by atoms with Crippen LogP contribution < -0.4 is 9.62 Å². The molecule has 1 unspecified atom stereocenters. The van der Waals surface area contributed by atoms with Crippen molar-refractivity contribution < 1.29 is 17.6 Å². The maximum Gasteiger partial charge on any atom is 0.245 e. The number of aromatic nitrogens is 2. The monoisotopic (exact) mass is 525 g/mol. The first-order valence-corrected chi connectivity index (χ1v) is 13.5. The van der Waals surface area contributed by atoms with E-state index >= 15 is 4.39 Å². The van der Waals surface area contributed by atoms with Crippen LogP contribution in [0, 0.1) is 5.82 Å². The van der Waals surface area contributed by atoms with Crippen molar-refractivity contribution >= 4 is 44.6 Å². The Morgan fingerprint density at radius 1 is 1.29 bits per heavy atom. The number of imidazole rings is 1. The van der Waals surface area contributed by atoms with E-state index in [2.05, 4.69) is 9.71 Å². The van der Waals surface area contributed by atoms with Crippen molar-refractivity contribution in [3.05, 3.63) is 63.6 Å². The number of nitrogens with one attached hydrogen (secondary N) is 1. The molecular weight excluding hydrogens is 501 g/mol. The molecule has 0 radical (unpaired) electrons. The lowest BCUT2D eigenvalue weighted by molar-refractivity contribution is -0.118. The number of hydrogen-bond donors (Lipinski definition) is 1. The number of carbonyl (C=O) groups excluding carboxylic acids is 1. The number of aryl methyl sites for hydroxylation is 1. The fourth-order valence-corrected chi connectivity index (χ4v) is 6.33. The van der Waals surface area contributed by atoms with E-state index < -0.39 is 27.8 Å². The van der Waals surface area contributed by atoms with Crippen LogP contribution in [0.5, 0.6) is 0 Å². The van der Waals surface area contributed by atoms with Gasteiger partial charge in [0, 0.05) is 35.6 Å². The Bertz CT molecular complexity index is 1290. The van der Waals surface area contributed by atoms with Crippen molar-refractivity contribution in [2.24, 2.45) is 0 Å². The van der Waals surface area contributed by atoms with Crippen molar-refractivity contribution in [3.63, 3.8) is 0 Å². The van der Waals surface area contributed by atoms with E-state index in [1.54, 1.807) is 41.2 Å². The molecule has 3 aromatic rings. The molecule has 4 rings (SSSR count). The zero-order valence-electron chi connectivity index (χ0n) is 18.7. The van der Waals surface area contributed by atoms with Crippen LogP contribution in [-0.4, -0.2) is 61.2 Å². The number of amides is 1. The van der Waals surface area contributed by atoms with E-state index in [-0.39, 0.29) is 24.4 Å². The van der Waals surface area contributed by atoms with E-state index in [0.29, 0.717) is 23.0 Å². The molecule has 1 atom stereocenters. The number of carbonyl (C=O) groups is 1. The number of sulfonamides is 1. The Kier molecular flexibility index (Phi) is 7.39. The van der Waals surface area contributed by atoms with Gasteiger partial charge in [-0.2, -0.15) is 0 Å². The lowest BCUT2D eigenvalue weighted by atomic mass is 10.2. The lowest BCUT2D eigenvalue weighted by Gasteiger charge is -2.19. The van der Waals surface area contributed by atoms with Gasteiger partial charge in [-0.1, -0.05) is 11.6 Å². The summed E-state index contributed by atoms with van der Waals surface area (Å²) in [5, 5.41) is 0. The van der Waals surface area contributed by atoms with Gasteiger partial charge in [0.2, 0.25) is 15.9 Å². The van der Waals surface area contributed by atoms with Gasteiger partial charge in [0.25, 0.3) is 0 Å². The summed E-state index contributed by atoms with van der Waals surface area (Å²) in [7, 11) is 0.146. The summed E-state index contributed by atoms with van der Waals surface area (Å²) in [5.74, 6) is -0.427. The zero-order chi connectivity index (χ0) is 24.5. The molecule has 3 heterocycles. The van der Waals surface area contributed by atoms with Crippen LogP contribution in [0.4, 0.5) is 10.1 Å². The van der Waals surface area contributed by atoms with Gasteiger partial charge in [0.15, 0.2) is 0 Å². The number of hydrogen-bond acceptors (Lipinski definition) is 6. The number of nitrogens with zero attached hydrogens (tertiary/aromatic N) is 4. The quantitative estimate of drug-likeness (QED) is 0.464. The van der Waals surface area contributed by atoms with Gasteiger partial charge < -0.3 is 14.4 Å². The van der Waals surface area contributed by atoms with Gasteiger partial charge >= 0.3 is 0 Å². The lowest BCUT2D eigenvalue weighted by Crippen LogP contribution is -2.42. The number of anilines is 1. The van der Waals surface area contributed by atoms with Gasteiger partial charge in [-0.3, -0.25) is 4.79 Å². The third kappa shape index (κ3) is 5.66. The molecule has 1 aliphatic heterocycles. The largest absolute Gasteiger partial charge is 0.308 e. The van der Waals surface area contributed by atoms with Crippen LogP contribution >= 0.6 is 22.9 Å². The SMILES string of the molecule is CN(C)Cc1nccn1-c1ccc(N2CCC(NS(=O)(=O)CCc3ccc(Cl)s3)C2=O)c(F)c1. The average Bonchev–Trinajstić information content (AvgIpc) is 3.48. The van der Waals surface area contributed by atoms with Crippen molar-refractivity contribution in [3.8, 4) is 5.69 Å². The van der Waals surface area contributed by atoms with Gasteiger partial charge in [-0.15, -0.1) is 11.3 Å². The van der Waals surface area contributed by atoms with Crippen molar-refractivity contribution in [2.75, 3.05) is 31.3 Å². The van der Waals surface area contributed by atoms with E-state index in [4.69, 9.17) is 11.6 Å². The van der Waals surface area contributed by atoms with Gasteiger partial charge in [0.05, 0.1) is 22.3 Å². The zero-order valence-corrected chi connectivity index (χ0v) is 21.1. The standard InChI is InChI=1S/C22H25ClFN5O3S2/c1-27(2)14-21-25-9-11-28(21)15-3-5-19(17(24)13-15)29-10-7-18(22(29)30)26-34(31,32)12-8-16-4-6-20(23)33-16/h3-6,9,11,13,18,26H,7-8,10,12,14H2,1-2H3. The Morgan fingerprint density at radius 2 is 2.09 bits per heavy atom. The topological polar surface area (TPSA) is 87.5 Å². The maximum absolute atomic E-state index is 15.1. The first-order valence-electron chi connectivity index (χ1n) is 10.7. The second kappa shape index (κ2) is 10.1. The molecule has 0 spiro atoms. The molecule has 12 heteroatoms. The molecule has 1 fully saturated rings. The highest BCUT2D eigenvalue weighted by atomic mass is 35.5. The first-order chi connectivity index (χ1) is 16.1. The minimum atomic E-state index is -3.70. The fourth-order valence-electron chi connectivity index (χ4n) is 3.86. The average molecular weight is 526 g/mol. The molecule has 1 aromatic carbocycles. The predicted molar refractivity (Wildman–Crippen MR) is 132 cm³/mol. The number of benzene rings is 1. The smallest absolute Gasteiger partial charge is 0.245 e. The van der Waals surface area contributed by atoms with E-state index in [1.807, 2.05) is 19.0 Å². The van der Waals surface area contributed by atoms with Crippen molar-refractivity contribution in [1.29, 1.82) is 0 Å². The van der Waals surface area contributed by atoms with Crippen LogP contribution in [0.2, 0.25) is 4.34 Å². The van der Waals surface area contributed by atoms with Crippen molar-refractivity contribution in [1.82, 2.24) is 19.2 Å². The van der Waals surface area contributed by atoms with Crippen LogP contribution in [0.15, 0.2) is 42.7 Å². The molecule has 182 valence electrons. The molecule has 0 bridgehead atoms. The summed E-state index contributed by atoms with van der Waals surface area (Å²) in [6.07, 6.45) is 3.97. The summed E-state index contributed by atoms with van der Waals surface area (Å²) >= 11 is 7.21. The first kappa shape index (κ1) is 24.8. The van der Waals surface area contributed by atoms with Gasteiger partial charge in [-0.05, 0) is 51.2 Å². The summed E-state index contributed by atoms with van der Waals surface area (Å²) in [5.41, 5.74) is 0.714. The van der Waals surface area contributed by atoms with Crippen LogP contribution in [0.3, 0.4) is 0 Å². The summed E-state index contributed by atoms with van der Waals surface area (Å²) in [4.78, 5) is 21.3. The number of halogens is 2. The molecule has 2 aromatic heterocycles. The predicted octanol–water partition coefficient (Wildman–Crippen LogP) is 3.06. The van der Waals surface area contributed by atoms with E-state index in [1.165, 1.54) is 22.3 Å². The summed E-state index contributed by atoms with van der Waals surface area (Å²) < 4.78 is 44.9. The van der Waals surface area contributed by atoms with E-state index in [0.717, 1.165) is 10.7 Å². The highest BCUT2D eigenvalue weighted by molar-refractivity contribution is 7.89. The molecular formula is C22H25ClFN5O3S2. The summed E-state index contributed by atoms with van der Waals surface area (Å²) in [6.45, 7) is 0.808. The highest BCUT2D eigenvalue weighted by Crippen LogP contribution is 2.28. The van der Waals surface area contributed by atoms with E-state index in [9.17, 15) is 13.2 Å². The Hall–Kier alpha value is -2.31. The Labute approximate surface area is 207 Å². The highest BCUT2D eigenvalue weighted by Gasteiger charge is 2.36. The Balaban J connectivity index is 1.43. The molecule has 0 aliphatic carbocycles. The maximum atomic E-state index is 15.1. The second-order valence-electron chi connectivity index (χ2n) is 8.31. The fraction of sp³-hybridized carbons (Fsp3) is 0.364. The molecule has 34 heavy (non-hydrogen) atoms. The van der Waals surface area contributed by atoms with Crippen LogP contribution in [0.25, 0.3) is 5.69 Å². The molecule has 0 saturated carbocycles. The van der Waals surface area contributed by atoms with Gasteiger partial charge in [-0.25, -0.2) is 22.5 Å². The minimum absolute atomic E-state index is 0.123. The Morgan fingerprint density at radius 3 is 2.76 bits per heavy atom. The summed E-state index contributed by atoms with van der Waals surface area (Å²) in [6, 6.07) is 7.19. The van der Waals surface area contributed by atoms with Crippen LogP contribution in [0.1, 0.15) is 17.1 Å². The minimum Gasteiger partial charge on any atom is -0.308 e. The molecule has 1 N–H and O–H groups in total. The van der Waals surface area contributed by atoms with Gasteiger partial charge in [0.1, 0.15) is 17.7 Å². The molecule has 8 nitrogen and oxygen atoms in total. The van der Waals surface area contributed by atoms with Crippen molar-refractivity contribution in [2.45, 2.75) is 25.4 Å².